The summed E-state index contributed by atoms with van der Waals surface area (Å²) in [6.07, 6.45) is 5.29. The van der Waals surface area contributed by atoms with Crippen LogP contribution in [0.2, 0.25) is 0 Å². The van der Waals surface area contributed by atoms with Gasteiger partial charge >= 0.3 is 0 Å². The number of phenols is 1. The molecule has 2 nitrogen and oxygen atoms in total. The summed E-state index contributed by atoms with van der Waals surface area (Å²) in [5.41, 5.74) is 2.47. The minimum Gasteiger partial charge on any atom is -0.507 e. The Bertz CT molecular complexity index is 419. The number of rotatable bonds is 4. The van der Waals surface area contributed by atoms with Crippen LogP contribution in [0.1, 0.15) is 18.1 Å². The summed E-state index contributed by atoms with van der Waals surface area (Å²) in [4.78, 5) is 0. The van der Waals surface area contributed by atoms with Gasteiger partial charge in [0.15, 0.2) is 0 Å². The lowest BCUT2D eigenvalue weighted by molar-refractivity contribution is 0.474. The molecule has 0 heterocycles. The van der Waals surface area contributed by atoms with E-state index in [1.165, 1.54) is 0 Å². The molecular formula is C15H19NO. The molecule has 2 heteroatoms. The maximum absolute atomic E-state index is 9.33. The first-order valence-electron chi connectivity index (χ1n) is 5.28. The van der Waals surface area contributed by atoms with E-state index in [0.717, 1.165) is 17.4 Å². The second-order valence-corrected chi connectivity index (χ2v) is 3.48. The van der Waals surface area contributed by atoms with Crippen LogP contribution < -0.4 is 0 Å². The monoisotopic (exact) mass is 229 g/mol. The molecule has 1 rings (SSSR count). The normalized spacial score (nSPS) is 8.53. The number of allylic oxidation sites excluding steroid dienone is 3. The average molecular weight is 229 g/mol. The highest BCUT2D eigenvalue weighted by atomic mass is 16.3. The molecule has 0 unspecified atom stereocenters. The van der Waals surface area contributed by atoms with Crippen molar-refractivity contribution < 1.29 is 5.11 Å². The first kappa shape index (κ1) is 14.9. The second-order valence-electron chi connectivity index (χ2n) is 3.48. The zero-order valence-corrected chi connectivity index (χ0v) is 10.2. The Morgan fingerprint density at radius 1 is 1.41 bits per heavy atom. The lowest BCUT2D eigenvalue weighted by Gasteiger charge is -2.03. The van der Waals surface area contributed by atoms with Gasteiger partial charge in [-0.3, -0.25) is 0 Å². The van der Waals surface area contributed by atoms with Crippen molar-refractivity contribution in [2.24, 2.45) is 0 Å². The van der Waals surface area contributed by atoms with Crippen molar-refractivity contribution in [3.05, 3.63) is 66.8 Å². The topological polar surface area (TPSA) is 44.1 Å². The third-order valence-electron chi connectivity index (χ3n) is 1.97. The van der Waals surface area contributed by atoms with Crippen molar-refractivity contribution in [1.82, 2.24) is 0 Å². The largest absolute Gasteiger partial charge is 0.507 e. The van der Waals surface area contributed by atoms with Crippen molar-refractivity contribution in [3.8, 4) is 5.75 Å². The Morgan fingerprint density at radius 2 is 2.00 bits per heavy atom. The Hall–Kier alpha value is -2.09. The molecule has 0 aliphatic rings. The van der Waals surface area contributed by atoms with Gasteiger partial charge in [0.1, 0.15) is 5.75 Å². The number of hydrogen-bond acceptors (Lipinski definition) is 2. The van der Waals surface area contributed by atoms with Gasteiger partial charge in [-0.15, -0.1) is 6.58 Å². The molecule has 0 aliphatic heterocycles. The van der Waals surface area contributed by atoms with Gasteiger partial charge in [0.2, 0.25) is 0 Å². The van der Waals surface area contributed by atoms with Crippen LogP contribution >= 0.6 is 0 Å². The minimum atomic E-state index is 0.132. The molecule has 0 saturated carbocycles. The van der Waals surface area contributed by atoms with E-state index < -0.39 is 0 Å². The van der Waals surface area contributed by atoms with Crippen molar-refractivity contribution in [2.75, 3.05) is 0 Å². The van der Waals surface area contributed by atoms with Gasteiger partial charge in [-0.1, -0.05) is 36.9 Å². The second kappa shape index (κ2) is 8.11. The van der Waals surface area contributed by atoms with Crippen LogP contribution in [-0.4, -0.2) is 11.3 Å². The fourth-order valence-electron chi connectivity index (χ4n) is 1.16. The van der Waals surface area contributed by atoms with E-state index in [4.69, 9.17) is 5.41 Å². The van der Waals surface area contributed by atoms with Crippen molar-refractivity contribution in [2.45, 2.75) is 13.3 Å². The van der Waals surface area contributed by atoms with Crippen molar-refractivity contribution in [1.29, 1.82) is 5.41 Å². The molecular weight excluding hydrogens is 210 g/mol. The lowest BCUT2D eigenvalue weighted by atomic mass is 10.0. The summed E-state index contributed by atoms with van der Waals surface area (Å²) in [6.45, 7) is 12.7. The Kier molecular flexibility index (Phi) is 7.11. The third-order valence-corrected chi connectivity index (χ3v) is 1.97. The predicted octanol–water partition coefficient (Wildman–Crippen LogP) is 3.87. The zero-order valence-electron chi connectivity index (χ0n) is 10.2. The number of nitrogens with one attached hydrogen (secondary N) is 1. The highest BCUT2D eigenvalue weighted by Gasteiger charge is 2.00. The van der Waals surface area contributed by atoms with Gasteiger partial charge in [-0.05, 0) is 31.0 Å². The van der Waals surface area contributed by atoms with E-state index in [1.54, 1.807) is 24.3 Å². The van der Waals surface area contributed by atoms with Gasteiger partial charge in [-0.25, -0.2) is 0 Å². The Morgan fingerprint density at radius 3 is 2.47 bits per heavy atom. The van der Waals surface area contributed by atoms with Crippen molar-refractivity contribution in [3.63, 3.8) is 0 Å². The lowest BCUT2D eigenvalue weighted by Crippen LogP contribution is -1.89. The van der Waals surface area contributed by atoms with Gasteiger partial charge < -0.3 is 10.5 Å². The number of aromatic hydroxyl groups is 1. The van der Waals surface area contributed by atoms with Crippen LogP contribution in [0, 0.1) is 5.41 Å². The molecule has 0 aromatic heterocycles. The van der Waals surface area contributed by atoms with Crippen LogP contribution in [0.25, 0.3) is 0 Å². The molecule has 17 heavy (non-hydrogen) atoms. The fraction of sp³-hybridized carbons (Fsp3) is 0.133. The van der Waals surface area contributed by atoms with E-state index in [1.807, 2.05) is 13.0 Å². The Balaban J connectivity index is 0.000000770. The number of phenolic OH excluding ortho intramolecular Hbond substituents is 1. The molecule has 0 atom stereocenters. The number of hydrogen-bond donors (Lipinski definition) is 2. The molecule has 0 amide bonds. The SMILES string of the molecule is C=CC.C=CC(=C)Cc1ccc(O)c(C=N)c1. The van der Waals surface area contributed by atoms with Crippen LogP contribution in [0.15, 0.2) is 55.7 Å². The van der Waals surface area contributed by atoms with E-state index in [0.29, 0.717) is 12.0 Å². The summed E-state index contributed by atoms with van der Waals surface area (Å²) in [5, 5.41) is 16.4. The maximum Gasteiger partial charge on any atom is 0.124 e. The predicted molar refractivity (Wildman–Crippen MR) is 74.9 cm³/mol. The van der Waals surface area contributed by atoms with E-state index in [2.05, 4.69) is 19.7 Å². The molecule has 2 N–H and O–H groups in total. The van der Waals surface area contributed by atoms with Gasteiger partial charge in [0, 0.05) is 11.8 Å². The van der Waals surface area contributed by atoms with Crippen LogP contribution in [0.4, 0.5) is 0 Å². The molecule has 0 saturated heterocycles. The standard InChI is InChI=1S/C12H13NO.C3H6/c1-3-9(2)6-10-4-5-12(14)11(7-10)8-13;1-3-2/h3-5,7-8,13-14H,1-2,6H2;3H,1H2,2H3. The average Bonchev–Trinajstić information content (AvgIpc) is 2.32. The van der Waals surface area contributed by atoms with E-state index in [9.17, 15) is 5.11 Å². The van der Waals surface area contributed by atoms with E-state index >= 15 is 0 Å². The molecule has 0 aliphatic carbocycles. The Labute approximate surface area is 103 Å². The highest BCUT2D eigenvalue weighted by molar-refractivity contribution is 5.81. The van der Waals surface area contributed by atoms with Crippen molar-refractivity contribution >= 4 is 6.21 Å². The van der Waals surface area contributed by atoms with E-state index in [-0.39, 0.29) is 5.75 Å². The number of benzene rings is 1. The smallest absolute Gasteiger partial charge is 0.124 e. The summed E-state index contributed by atoms with van der Waals surface area (Å²) >= 11 is 0. The fourth-order valence-corrected chi connectivity index (χ4v) is 1.16. The minimum absolute atomic E-state index is 0.132. The summed E-state index contributed by atoms with van der Waals surface area (Å²) in [6, 6.07) is 5.18. The zero-order chi connectivity index (χ0) is 13.3. The van der Waals surface area contributed by atoms with Gasteiger partial charge in [-0.2, -0.15) is 0 Å². The molecule has 1 aromatic rings. The molecule has 0 bridgehead atoms. The first-order chi connectivity index (χ1) is 8.08. The summed E-state index contributed by atoms with van der Waals surface area (Å²) in [7, 11) is 0. The molecule has 0 spiro atoms. The molecule has 0 radical (unpaired) electrons. The van der Waals surface area contributed by atoms with Crippen LogP contribution in [0.5, 0.6) is 5.75 Å². The molecule has 90 valence electrons. The van der Waals surface area contributed by atoms with Gasteiger partial charge in [0.25, 0.3) is 0 Å². The van der Waals surface area contributed by atoms with Gasteiger partial charge in [0.05, 0.1) is 0 Å². The maximum atomic E-state index is 9.33. The third kappa shape index (κ3) is 5.52. The highest BCUT2D eigenvalue weighted by Crippen LogP contribution is 2.18. The summed E-state index contributed by atoms with van der Waals surface area (Å²) < 4.78 is 0. The van der Waals surface area contributed by atoms with Crippen LogP contribution in [0.3, 0.4) is 0 Å². The van der Waals surface area contributed by atoms with Crippen LogP contribution in [-0.2, 0) is 6.42 Å². The quantitative estimate of drug-likeness (QED) is 0.459. The summed E-state index contributed by atoms with van der Waals surface area (Å²) in [5.74, 6) is 0.132. The first-order valence-corrected chi connectivity index (χ1v) is 5.28. The molecule has 0 fully saturated rings. The molecule has 1 aromatic carbocycles.